The van der Waals surface area contributed by atoms with Gasteiger partial charge in [0.25, 0.3) is 5.91 Å². The third kappa shape index (κ3) is 6.29. The number of amides is 1. The summed E-state index contributed by atoms with van der Waals surface area (Å²) in [7, 11) is 0. The molecule has 154 valence electrons. The Morgan fingerprint density at radius 1 is 1.30 bits per heavy atom. The molecule has 1 amide bonds. The van der Waals surface area contributed by atoms with Crippen LogP contribution in [0.1, 0.15) is 12.5 Å². The van der Waals surface area contributed by atoms with Crippen LogP contribution in [0.3, 0.4) is 0 Å². The van der Waals surface area contributed by atoms with Crippen molar-refractivity contribution in [1.29, 1.82) is 0 Å². The number of carbonyl (C=O) groups is 1. The molecule has 0 atom stereocenters. The molecule has 30 heavy (non-hydrogen) atoms. The van der Waals surface area contributed by atoms with E-state index < -0.39 is 0 Å². The van der Waals surface area contributed by atoms with Gasteiger partial charge in [-0.3, -0.25) is 9.36 Å². The summed E-state index contributed by atoms with van der Waals surface area (Å²) in [5.74, 6) is 0.641. The maximum atomic E-state index is 12.2. The van der Waals surface area contributed by atoms with Crippen LogP contribution in [0.2, 0.25) is 5.02 Å². The van der Waals surface area contributed by atoms with Crippen molar-refractivity contribution in [2.45, 2.75) is 18.6 Å². The number of hydrogen-bond donors (Lipinski definition) is 1. The van der Waals surface area contributed by atoms with Gasteiger partial charge < -0.3 is 0 Å². The van der Waals surface area contributed by atoms with E-state index in [1.54, 1.807) is 18.3 Å². The smallest absolute Gasteiger partial charge is 0.250 e. The van der Waals surface area contributed by atoms with Gasteiger partial charge in [-0.05, 0) is 36.8 Å². The zero-order chi connectivity index (χ0) is 21.5. The SMILES string of the molecule is C=C(C)Cn1c(SCC(=O)NN=Cc2cccc(Cl)c2)nnc1-c1ccc(Br)cc1. The van der Waals surface area contributed by atoms with Crippen LogP contribution >= 0.6 is 39.3 Å². The fourth-order valence-electron chi connectivity index (χ4n) is 2.55. The molecule has 0 saturated heterocycles. The van der Waals surface area contributed by atoms with Gasteiger partial charge in [-0.1, -0.05) is 75.7 Å². The number of nitrogens with zero attached hydrogens (tertiary/aromatic N) is 4. The lowest BCUT2D eigenvalue weighted by atomic mass is 10.2. The Morgan fingerprint density at radius 3 is 2.77 bits per heavy atom. The van der Waals surface area contributed by atoms with Crippen molar-refractivity contribution in [3.63, 3.8) is 0 Å². The number of carbonyl (C=O) groups excluding carboxylic acids is 1. The van der Waals surface area contributed by atoms with E-state index in [0.717, 1.165) is 27.0 Å². The van der Waals surface area contributed by atoms with E-state index in [0.29, 0.717) is 16.7 Å². The summed E-state index contributed by atoms with van der Waals surface area (Å²) < 4.78 is 2.94. The van der Waals surface area contributed by atoms with Gasteiger partial charge in [0.2, 0.25) is 0 Å². The van der Waals surface area contributed by atoms with Crippen LogP contribution in [-0.4, -0.2) is 32.6 Å². The van der Waals surface area contributed by atoms with Gasteiger partial charge in [0.1, 0.15) is 0 Å². The first kappa shape index (κ1) is 22.3. The van der Waals surface area contributed by atoms with Crippen molar-refractivity contribution in [3.8, 4) is 11.4 Å². The van der Waals surface area contributed by atoms with E-state index in [-0.39, 0.29) is 11.7 Å². The maximum Gasteiger partial charge on any atom is 0.250 e. The molecule has 0 saturated carbocycles. The normalized spacial score (nSPS) is 11.0. The van der Waals surface area contributed by atoms with E-state index in [1.165, 1.54) is 11.8 Å². The highest BCUT2D eigenvalue weighted by Gasteiger charge is 2.15. The number of allylic oxidation sites excluding steroid dienone is 1. The quantitative estimate of drug-likeness (QED) is 0.199. The number of hydrogen-bond acceptors (Lipinski definition) is 5. The number of hydrazone groups is 1. The van der Waals surface area contributed by atoms with E-state index in [4.69, 9.17) is 11.6 Å². The summed E-state index contributed by atoms with van der Waals surface area (Å²) in [4.78, 5) is 12.2. The van der Waals surface area contributed by atoms with Gasteiger partial charge in [0.15, 0.2) is 11.0 Å². The number of rotatable bonds is 8. The van der Waals surface area contributed by atoms with Crippen LogP contribution < -0.4 is 5.43 Å². The zero-order valence-electron chi connectivity index (χ0n) is 16.2. The van der Waals surface area contributed by atoms with E-state index in [9.17, 15) is 4.79 Å². The molecule has 2 aromatic carbocycles. The lowest BCUT2D eigenvalue weighted by Crippen LogP contribution is -2.20. The van der Waals surface area contributed by atoms with E-state index >= 15 is 0 Å². The average molecular weight is 505 g/mol. The predicted octanol–water partition coefficient (Wildman–Crippen LogP) is 5.18. The minimum absolute atomic E-state index is 0.154. The second kappa shape index (κ2) is 10.6. The molecule has 1 heterocycles. The molecule has 0 bridgehead atoms. The first-order valence-electron chi connectivity index (χ1n) is 8.96. The van der Waals surface area contributed by atoms with Crippen molar-refractivity contribution < 1.29 is 4.79 Å². The van der Waals surface area contributed by atoms with Crippen molar-refractivity contribution >= 4 is 51.4 Å². The van der Waals surface area contributed by atoms with Gasteiger partial charge in [-0.15, -0.1) is 10.2 Å². The molecule has 3 aromatic rings. The van der Waals surface area contributed by atoms with Crippen LogP contribution in [0, 0.1) is 0 Å². The highest BCUT2D eigenvalue weighted by Crippen LogP contribution is 2.26. The largest absolute Gasteiger partial charge is 0.298 e. The molecule has 0 fully saturated rings. The minimum atomic E-state index is -0.242. The lowest BCUT2D eigenvalue weighted by molar-refractivity contribution is -0.118. The molecule has 0 radical (unpaired) electrons. The number of thioether (sulfide) groups is 1. The highest BCUT2D eigenvalue weighted by molar-refractivity contribution is 9.10. The molecular weight excluding hydrogens is 486 g/mol. The van der Waals surface area contributed by atoms with Crippen LogP contribution in [0.25, 0.3) is 11.4 Å². The molecule has 0 aliphatic heterocycles. The summed E-state index contributed by atoms with van der Waals surface area (Å²) in [6.45, 7) is 6.50. The molecule has 0 aliphatic rings. The average Bonchev–Trinajstić information content (AvgIpc) is 3.09. The minimum Gasteiger partial charge on any atom is -0.298 e. The van der Waals surface area contributed by atoms with Crippen molar-refractivity contribution in [2.75, 3.05) is 5.75 Å². The Balaban J connectivity index is 1.66. The molecule has 0 unspecified atom stereocenters. The molecule has 3 rings (SSSR count). The number of aromatic nitrogens is 3. The molecule has 6 nitrogen and oxygen atoms in total. The summed E-state index contributed by atoms with van der Waals surface area (Å²) in [5.41, 5.74) is 5.22. The van der Waals surface area contributed by atoms with Gasteiger partial charge in [0, 0.05) is 21.6 Å². The van der Waals surface area contributed by atoms with Crippen molar-refractivity contribution in [2.24, 2.45) is 5.10 Å². The summed E-state index contributed by atoms with van der Waals surface area (Å²) in [6, 6.07) is 15.0. The fraction of sp³-hybridized carbons (Fsp3) is 0.143. The lowest BCUT2D eigenvalue weighted by Gasteiger charge is -2.10. The van der Waals surface area contributed by atoms with Gasteiger partial charge in [-0.25, -0.2) is 5.43 Å². The standard InChI is InChI=1S/C21H19BrClN5OS/c1-14(2)12-28-20(16-6-8-17(22)9-7-16)26-27-21(28)30-13-19(29)25-24-11-15-4-3-5-18(23)10-15/h3-11H,1,12-13H2,2H3,(H,25,29). The second-order valence-corrected chi connectivity index (χ2v) is 8.79. The van der Waals surface area contributed by atoms with Crippen LogP contribution in [0.4, 0.5) is 0 Å². The first-order chi connectivity index (χ1) is 14.4. The highest BCUT2D eigenvalue weighted by atomic mass is 79.9. The van der Waals surface area contributed by atoms with Crippen LogP contribution in [0.5, 0.6) is 0 Å². The summed E-state index contributed by atoms with van der Waals surface area (Å²) >= 11 is 10.7. The zero-order valence-corrected chi connectivity index (χ0v) is 19.3. The van der Waals surface area contributed by atoms with E-state index in [2.05, 4.69) is 43.2 Å². The third-order valence-corrected chi connectivity index (χ3v) is 5.56. The Morgan fingerprint density at radius 2 is 2.07 bits per heavy atom. The van der Waals surface area contributed by atoms with Gasteiger partial charge >= 0.3 is 0 Å². The van der Waals surface area contributed by atoms with Gasteiger partial charge in [0.05, 0.1) is 12.0 Å². The molecular formula is C21H19BrClN5OS. The monoisotopic (exact) mass is 503 g/mol. The Labute approximate surface area is 192 Å². The van der Waals surface area contributed by atoms with Crippen molar-refractivity contribution in [3.05, 3.63) is 75.7 Å². The van der Waals surface area contributed by atoms with Crippen molar-refractivity contribution in [1.82, 2.24) is 20.2 Å². The Bertz CT molecular complexity index is 1080. The topological polar surface area (TPSA) is 72.2 Å². The predicted molar refractivity (Wildman–Crippen MR) is 126 cm³/mol. The van der Waals surface area contributed by atoms with Crippen LogP contribution in [-0.2, 0) is 11.3 Å². The second-order valence-electron chi connectivity index (χ2n) is 6.49. The number of halogens is 2. The molecule has 0 aliphatic carbocycles. The molecule has 1 N–H and O–H groups in total. The Kier molecular flexibility index (Phi) is 7.84. The number of benzene rings is 2. The first-order valence-corrected chi connectivity index (χ1v) is 11.1. The summed E-state index contributed by atoms with van der Waals surface area (Å²) in [5, 5.41) is 13.8. The van der Waals surface area contributed by atoms with Gasteiger partial charge in [-0.2, -0.15) is 5.10 Å². The van der Waals surface area contributed by atoms with Crippen LogP contribution in [0.15, 0.2) is 75.4 Å². The maximum absolute atomic E-state index is 12.2. The number of nitrogens with one attached hydrogen (secondary N) is 1. The fourth-order valence-corrected chi connectivity index (χ4v) is 3.74. The third-order valence-electron chi connectivity index (χ3n) is 3.83. The molecule has 0 spiro atoms. The Hall–Kier alpha value is -2.42. The van der Waals surface area contributed by atoms with E-state index in [1.807, 2.05) is 47.9 Å². The molecule has 1 aromatic heterocycles. The summed E-state index contributed by atoms with van der Waals surface area (Å²) in [6.07, 6.45) is 1.55. The molecule has 9 heteroatoms.